The Kier molecular flexibility index (Phi) is 6.10. The molecule has 1 aromatic carbocycles. The zero-order chi connectivity index (χ0) is 17.7. The van der Waals surface area contributed by atoms with Crippen molar-refractivity contribution in [3.8, 4) is 0 Å². The second-order valence-electron chi connectivity index (χ2n) is 6.49. The van der Waals surface area contributed by atoms with Crippen LogP contribution in [0, 0.1) is 5.82 Å². The summed E-state index contributed by atoms with van der Waals surface area (Å²) in [7, 11) is 0. The normalized spacial score (nSPS) is 13.7. The largest absolute Gasteiger partial charge is 0.364 e. The minimum absolute atomic E-state index is 0.0695. The first kappa shape index (κ1) is 18.6. The average Bonchev–Trinajstić information content (AvgIpc) is 2.50. The summed E-state index contributed by atoms with van der Waals surface area (Å²) in [4.78, 5) is 19.8. The number of carbonyl (C=O) groups excluding carboxylic acids is 1. The molecule has 2 aromatic rings. The smallest absolute Gasteiger partial charge is 0.224 e. The van der Waals surface area contributed by atoms with Crippen molar-refractivity contribution in [2.75, 3.05) is 5.32 Å². The Morgan fingerprint density at radius 1 is 1.33 bits per heavy atom. The molecule has 0 aliphatic heterocycles. The first-order valence-corrected chi connectivity index (χ1v) is 8.61. The highest BCUT2D eigenvalue weighted by molar-refractivity contribution is 6.28. The van der Waals surface area contributed by atoms with Gasteiger partial charge in [-0.05, 0) is 50.4 Å². The molecule has 4 nitrogen and oxygen atoms in total. The van der Waals surface area contributed by atoms with Crippen LogP contribution in [0.4, 0.5) is 10.2 Å². The van der Waals surface area contributed by atoms with Crippen molar-refractivity contribution in [2.45, 2.75) is 58.4 Å². The van der Waals surface area contributed by atoms with E-state index in [1.54, 1.807) is 13.0 Å². The third-order valence-corrected chi connectivity index (χ3v) is 4.33. The molecule has 1 N–H and O–H groups in total. The standard InChI is InChI=1S/C18H23ClFN3O/c1-4-5-9-18(3,10-8-12(2)24)23-16-14-7-6-13(20)11-15(14)21-17(19)22-16/h6-7,11H,4-5,8-10H2,1-3H3,(H,21,22,23)/t18-/m1/s1. The van der Waals surface area contributed by atoms with Gasteiger partial charge in [-0.25, -0.2) is 14.4 Å². The summed E-state index contributed by atoms with van der Waals surface area (Å²) >= 11 is 6.00. The van der Waals surface area contributed by atoms with Gasteiger partial charge in [-0.1, -0.05) is 19.8 Å². The number of carbonyl (C=O) groups is 1. The van der Waals surface area contributed by atoms with Crippen LogP contribution in [0.5, 0.6) is 0 Å². The molecule has 0 saturated carbocycles. The second-order valence-corrected chi connectivity index (χ2v) is 6.83. The topological polar surface area (TPSA) is 54.9 Å². The highest BCUT2D eigenvalue weighted by atomic mass is 35.5. The molecule has 0 fully saturated rings. The van der Waals surface area contributed by atoms with Crippen molar-refractivity contribution in [1.29, 1.82) is 0 Å². The summed E-state index contributed by atoms with van der Waals surface area (Å²) in [6.07, 6.45) is 4.20. The van der Waals surface area contributed by atoms with Gasteiger partial charge in [0.25, 0.3) is 0 Å². The zero-order valence-electron chi connectivity index (χ0n) is 14.3. The Morgan fingerprint density at radius 3 is 2.75 bits per heavy atom. The quantitative estimate of drug-likeness (QED) is 0.668. The number of benzene rings is 1. The van der Waals surface area contributed by atoms with Gasteiger partial charge in [0.15, 0.2) is 0 Å². The molecular formula is C18H23ClFN3O. The lowest BCUT2D eigenvalue weighted by Gasteiger charge is -2.32. The van der Waals surface area contributed by atoms with Crippen LogP contribution in [-0.4, -0.2) is 21.3 Å². The lowest BCUT2D eigenvalue weighted by molar-refractivity contribution is -0.117. The van der Waals surface area contributed by atoms with Gasteiger partial charge >= 0.3 is 0 Å². The van der Waals surface area contributed by atoms with Crippen molar-refractivity contribution in [3.63, 3.8) is 0 Å². The van der Waals surface area contributed by atoms with Gasteiger partial charge < -0.3 is 10.1 Å². The number of fused-ring (bicyclic) bond motifs is 1. The summed E-state index contributed by atoms with van der Waals surface area (Å²) < 4.78 is 13.5. The molecule has 130 valence electrons. The SMILES string of the molecule is CCCC[C@](C)(CCC(C)=O)Nc1nc(Cl)nc2cc(F)ccc12. The van der Waals surface area contributed by atoms with Crippen molar-refractivity contribution in [2.24, 2.45) is 0 Å². The van der Waals surface area contributed by atoms with Gasteiger partial charge in [0.2, 0.25) is 5.28 Å². The van der Waals surface area contributed by atoms with Gasteiger partial charge in [0.1, 0.15) is 17.4 Å². The van der Waals surface area contributed by atoms with Crippen molar-refractivity contribution in [1.82, 2.24) is 9.97 Å². The molecule has 0 bridgehead atoms. The summed E-state index contributed by atoms with van der Waals surface area (Å²) in [6, 6.07) is 4.37. The number of Topliss-reactive ketones (excluding diaryl/α,β-unsaturated/α-hetero) is 1. The summed E-state index contributed by atoms with van der Waals surface area (Å²) in [5.41, 5.74) is 0.169. The molecule has 6 heteroatoms. The van der Waals surface area contributed by atoms with Gasteiger partial charge in [-0.2, -0.15) is 0 Å². The number of hydrogen-bond acceptors (Lipinski definition) is 4. The second kappa shape index (κ2) is 7.88. The van der Waals surface area contributed by atoms with E-state index in [1.165, 1.54) is 12.1 Å². The van der Waals surface area contributed by atoms with E-state index in [4.69, 9.17) is 11.6 Å². The Bertz CT molecular complexity index is 732. The minimum atomic E-state index is -0.367. The molecule has 2 rings (SSSR count). The number of unbranched alkanes of at least 4 members (excludes halogenated alkanes) is 1. The molecule has 0 aliphatic rings. The maximum atomic E-state index is 13.5. The van der Waals surface area contributed by atoms with Crippen LogP contribution in [0.15, 0.2) is 18.2 Å². The molecule has 0 saturated heterocycles. The Labute approximate surface area is 146 Å². The van der Waals surface area contributed by atoms with Crippen LogP contribution in [0.3, 0.4) is 0 Å². The molecular weight excluding hydrogens is 329 g/mol. The van der Waals surface area contributed by atoms with E-state index in [0.29, 0.717) is 29.6 Å². The third-order valence-electron chi connectivity index (χ3n) is 4.16. The summed E-state index contributed by atoms with van der Waals surface area (Å²) in [5, 5.41) is 4.22. The molecule has 1 heterocycles. The number of nitrogens with zero attached hydrogens (tertiary/aromatic N) is 2. The fourth-order valence-corrected chi connectivity index (χ4v) is 2.90. The van der Waals surface area contributed by atoms with E-state index in [2.05, 4.69) is 29.1 Å². The predicted molar refractivity (Wildman–Crippen MR) is 96.0 cm³/mol. The molecule has 24 heavy (non-hydrogen) atoms. The minimum Gasteiger partial charge on any atom is -0.364 e. The number of nitrogens with one attached hydrogen (secondary N) is 1. The number of anilines is 1. The van der Waals surface area contributed by atoms with Crippen LogP contribution >= 0.6 is 11.6 Å². The summed E-state index contributed by atoms with van der Waals surface area (Å²) in [5.74, 6) is 0.368. The maximum Gasteiger partial charge on any atom is 0.224 e. The number of rotatable bonds is 8. The van der Waals surface area contributed by atoms with Gasteiger partial charge in [0, 0.05) is 23.4 Å². The van der Waals surface area contributed by atoms with E-state index in [1.807, 2.05) is 0 Å². The van der Waals surface area contributed by atoms with E-state index in [-0.39, 0.29) is 22.4 Å². The molecule has 0 aliphatic carbocycles. The van der Waals surface area contributed by atoms with Crippen molar-refractivity contribution >= 4 is 34.1 Å². The van der Waals surface area contributed by atoms with Crippen LogP contribution in [-0.2, 0) is 4.79 Å². The van der Waals surface area contributed by atoms with Crippen LogP contribution in [0.1, 0.15) is 52.9 Å². The van der Waals surface area contributed by atoms with Gasteiger partial charge in [-0.3, -0.25) is 0 Å². The van der Waals surface area contributed by atoms with Crippen LogP contribution in [0.25, 0.3) is 10.9 Å². The summed E-state index contributed by atoms with van der Waals surface area (Å²) in [6.45, 7) is 5.81. The fourth-order valence-electron chi connectivity index (χ4n) is 2.72. The molecule has 1 atom stereocenters. The fraction of sp³-hybridized carbons (Fsp3) is 0.500. The first-order valence-electron chi connectivity index (χ1n) is 8.23. The lowest BCUT2D eigenvalue weighted by atomic mass is 9.88. The number of hydrogen-bond donors (Lipinski definition) is 1. The predicted octanol–water partition coefficient (Wildman–Crippen LogP) is 5.15. The molecule has 0 amide bonds. The highest BCUT2D eigenvalue weighted by Crippen LogP contribution is 2.30. The van der Waals surface area contributed by atoms with Crippen molar-refractivity contribution in [3.05, 3.63) is 29.3 Å². The number of ketones is 1. The molecule has 0 radical (unpaired) electrons. The highest BCUT2D eigenvalue weighted by Gasteiger charge is 2.25. The van der Waals surface area contributed by atoms with Crippen molar-refractivity contribution < 1.29 is 9.18 Å². The Balaban J connectivity index is 2.37. The lowest BCUT2D eigenvalue weighted by Crippen LogP contribution is -2.35. The van der Waals surface area contributed by atoms with E-state index in [0.717, 1.165) is 19.3 Å². The maximum absolute atomic E-state index is 13.5. The number of aromatic nitrogens is 2. The molecule has 0 unspecified atom stereocenters. The van der Waals surface area contributed by atoms with Gasteiger partial charge in [0.05, 0.1) is 5.52 Å². The molecule has 1 aromatic heterocycles. The monoisotopic (exact) mass is 351 g/mol. The van der Waals surface area contributed by atoms with E-state index < -0.39 is 0 Å². The Morgan fingerprint density at radius 2 is 2.08 bits per heavy atom. The van der Waals surface area contributed by atoms with Crippen LogP contribution < -0.4 is 5.32 Å². The van der Waals surface area contributed by atoms with Gasteiger partial charge in [-0.15, -0.1) is 0 Å². The zero-order valence-corrected chi connectivity index (χ0v) is 15.1. The first-order chi connectivity index (χ1) is 11.3. The number of halogens is 2. The van der Waals surface area contributed by atoms with E-state index >= 15 is 0 Å². The third kappa shape index (κ3) is 4.87. The Hall–Kier alpha value is -1.75. The average molecular weight is 352 g/mol. The van der Waals surface area contributed by atoms with Crippen LogP contribution in [0.2, 0.25) is 5.28 Å². The van der Waals surface area contributed by atoms with E-state index in [9.17, 15) is 9.18 Å². The molecule has 0 spiro atoms.